The summed E-state index contributed by atoms with van der Waals surface area (Å²) in [6.07, 6.45) is 0. The highest BCUT2D eigenvalue weighted by Gasteiger charge is 2.11. The molecule has 17 heavy (non-hydrogen) atoms. The van der Waals surface area contributed by atoms with Crippen molar-refractivity contribution in [2.45, 2.75) is 0 Å². The van der Waals surface area contributed by atoms with Crippen LogP contribution in [0.2, 0.25) is 0 Å². The van der Waals surface area contributed by atoms with E-state index in [1.54, 1.807) is 0 Å². The Balaban J connectivity index is 2.36. The van der Waals surface area contributed by atoms with Gasteiger partial charge in [0.2, 0.25) is 0 Å². The number of fused-ring (bicyclic) bond motifs is 1. The third-order valence-corrected chi connectivity index (χ3v) is 3.26. The van der Waals surface area contributed by atoms with Gasteiger partial charge >= 0.3 is 0 Å². The molecule has 0 amide bonds. The number of hydrogen-bond acceptors (Lipinski definition) is 3. The second-order valence-corrected chi connectivity index (χ2v) is 4.50. The summed E-state index contributed by atoms with van der Waals surface area (Å²) in [5, 5.41) is 8.30. The lowest BCUT2D eigenvalue weighted by Crippen LogP contribution is -1.98. The lowest BCUT2D eigenvalue weighted by molar-refractivity contribution is 1.11. The van der Waals surface area contributed by atoms with Crippen molar-refractivity contribution in [1.29, 1.82) is 0 Å². The topological polar surface area (TPSA) is 56.2 Å². The van der Waals surface area contributed by atoms with Crippen molar-refractivity contribution < 1.29 is 0 Å². The normalized spacial score (nSPS) is 10.9. The molecular weight excluding hydrogens is 280 g/mol. The van der Waals surface area contributed by atoms with Gasteiger partial charge in [-0.1, -0.05) is 40.2 Å². The fraction of sp³-hybridized carbons (Fsp3) is 0. The zero-order valence-corrected chi connectivity index (χ0v) is 10.4. The molecule has 0 saturated heterocycles. The van der Waals surface area contributed by atoms with E-state index in [1.807, 2.05) is 46.9 Å². The van der Waals surface area contributed by atoms with Crippen LogP contribution in [0.4, 0.5) is 5.82 Å². The second kappa shape index (κ2) is 3.85. The maximum absolute atomic E-state index is 5.96. The van der Waals surface area contributed by atoms with Gasteiger partial charge in [-0.25, -0.2) is 0 Å². The Bertz CT molecular complexity index is 690. The van der Waals surface area contributed by atoms with E-state index in [0.717, 1.165) is 21.5 Å². The summed E-state index contributed by atoms with van der Waals surface area (Å²) < 4.78 is 2.80. The van der Waals surface area contributed by atoms with Gasteiger partial charge in [0.25, 0.3) is 0 Å². The summed E-state index contributed by atoms with van der Waals surface area (Å²) >= 11 is 3.51. The van der Waals surface area contributed by atoms with Gasteiger partial charge in [-0.15, -0.1) is 10.2 Å². The molecule has 0 spiro atoms. The molecule has 2 N–H and O–H groups in total. The summed E-state index contributed by atoms with van der Waals surface area (Å²) in [6.45, 7) is 0. The summed E-state index contributed by atoms with van der Waals surface area (Å²) in [6, 6.07) is 13.4. The largest absolute Gasteiger partial charge is 0.385 e. The van der Waals surface area contributed by atoms with Crippen LogP contribution in [0, 0.1) is 0 Å². The van der Waals surface area contributed by atoms with Gasteiger partial charge in [0.1, 0.15) is 5.82 Å². The average molecular weight is 289 g/mol. The fourth-order valence-electron chi connectivity index (χ4n) is 1.78. The van der Waals surface area contributed by atoms with Crippen LogP contribution in [-0.2, 0) is 0 Å². The van der Waals surface area contributed by atoms with E-state index in [0.29, 0.717) is 5.82 Å². The van der Waals surface area contributed by atoms with Crippen molar-refractivity contribution in [2.75, 3.05) is 5.73 Å². The molecule has 2 heterocycles. The van der Waals surface area contributed by atoms with Crippen molar-refractivity contribution in [2.24, 2.45) is 0 Å². The fourth-order valence-corrected chi connectivity index (χ4v) is 2.25. The maximum Gasteiger partial charge on any atom is 0.171 e. The minimum atomic E-state index is 0.623. The molecule has 4 nitrogen and oxygen atoms in total. The van der Waals surface area contributed by atoms with Crippen molar-refractivity contribution in [3.8, 4) is 11.4 Å². The first-order chi connectivity index (χ1) is 8.27. The van der Waals surface area contributed by atoms with Crippen molar-refractivity contribution >= 4 is 27.4 Å². The van der Waals surface area contributed by atoms with Gasteiger partial charge in [0, 0.05) is 10.0 Å². The van der Waals surface area contributed by atoms with Gasteiger partial charge < -0.3 is 5.73 Å². The summed E-state index contributed by atoms with van der Waals surface area (Å²) in [7, 11) is 0. The lowest BCUT2D eigenvalue weighted by atomic mass is 10.2. The Hall–Kier alpha value is -1.88. The number of nitrogens with two attached hydrogens (primary N) is 1. The van der Waals surface area contributed by atoms with Crippen LogP contribution in [0.15, 0.2) is 46.9 Å². The lowest BCUT2D eigenvalue weighted by Gasteiger charge is -2.04. The van der Waals surface area contributed by atoms with Crippen molar-refractivity contribution in [3.63, 3.8) is 0 Å². The molecule has 0 bridgehead atoms. The minimum absolute atomic E-state index is 0.623. The molecule has 0 unspecified atom stereocenters. The molecule has 0 aliphatic heterocycles. The molecule has 0 saturated carbocycles. The molecule has 2 aromatic heterocycles. The Labute approximate surface area is 106 Å². The molecule has 0 atom stereocenters. The molecule has 3 rings (SSSR count). The third-order valence-electron chi connectivity index (χ3n) is 2.57. The van der Waals surface area contributed by atoms with Crippen LogP contribution in [0.5, 0.6) is 0 Å². The number of halogens is 1. The third kappa shape index (κ3) is 1.59. The Morgan fingerprint density at radius 1 is 1.00 bits per heavy atom. The molecule has 84 valence electrons. The smallest absolute Gasteiger partial charge is 0.171 e. The molecule has 0 aliphatic carbocycles. The number of nitrogen functional groups attached to an aromatic ring is 1. The van der Waals surface area contributed by atoms with Crippen LogP contribution in [0.25, 0.3) is 17.0 Å². The van der Waals surface area contributed by atoms with E-state index >= 15 is 0 Å². The highest BCUT2D eigenvalue weighted by molar-refractivity contribution is 9.10. The highest BCUT2D eigenvalue weighted by Crippen LogP contribution is 2.27. The molecule has 0 radical (unpaired) electrons. The molecule has 3 aromatic rings. The first-order valence-corrected chi connectivity index (χ1v) is 5.91. The summed E-state index contributed by atoms with van der Waals surface area (Å²) in [5.41, 5.74) is 7.67. The molecular formula is C12H9BrN4. The molecule has 1 aromatic carbocycles. The number of aromatic nitrogens is 3. The highest BCUT2D eigenvalue weighted by atomic mass is 79.9. The van der Waals surface area contributed by atoms with Gasteiger partial charge in [0.05, 0.1) is 0 Å². The molecule has 0 aliphatic rings. The van der Waals surface area contributed by atoms with Gasteiger partial charge in [-0.2, -0.15) is 0 Å². The average Bonchev–Trinajstić information content (AvgIpc) is 2.75. The summed E-state index contributed by atoms with van der Waals surface area (Å²) in [5.74, 6) is 1.36. The monoisotopic (exact) mass is 288 g/mol. The standard InChI is InChI=1S/C12H9BrN4/c13-9-5-2-1-4-8(9)12-16-15-11-7-3-6-10(14)17(11)12/h1-7H,14H2. The quantitative estimate of drug-likeness (QED) is 0.749. The Kier molecular flexibility index (Phi) is 2.33. The zero-order valence-electron chi connectivity index (χ0n) is 8.84. The van der Waals surface area contributed by atoms with Crippen LogP contribution in [-0.4, -0.2) is 14.6 Å². The Morgan fingerprint density at radius 2 is 1.82 bits per heavy atom. The molecule has 0 fully saturated rings. The second-order valence-electron chi connectivity index (χ2n) is 3.65. The summed E-state index contributed by atoms with van der Waals surface area (Å²) in [4.78, 5) is 0. The first-order valence-electron chi connectivity index (χ1n) is 5.12. The predicted octanol–water partition coefficient (Wildman–Crippen LogP) is 2.74. The van der Waals surface area contributed by atoms with E-state index in [9.17, 15) is 0 Å². The van der Waals surface area contributed by atoms with Crippen molar-refractivity contribution in [1.82, 2.24) is 14.6 Å². The van der Waals surface area contributed by atoms with E-state index in [2.05, 4.69) is 26.1 Å². The van der Waals surface area contributed by atoms with Gasteiger partial charge in [-0.05, 0) is 18.2 Å². The predicted molar refractivity (Wildman–Crippen MR) is 70.5 cm³/mol. The van der Waals surface area contributed by atoms with Crippen LogP contribution in [0.3, 0.4) is 0 Å². The van der Waals surface area contributed by atoms with Crippen LogP contribution in [0.1, 0.15) is 0 Å². The number of rotatable bonds is 1. The number of benzene rings is 1. The number of hydrogen-bond donors (Lipinski definition) is 1. The van der Waals surface area contributed by atoms with Gasteiger partial charge in [-0.3, -0.25) is 4.40 Å². The van der Waals surface area contributed by atoms with Crippen LogP contribution < -0.4 is 5.73 Å². The first kappa shape index (κ1) is 10.3. The van der Waals surface area contributed by atoms with Crippen molar-refractivity contribution in [3.05, 3.63) is 46.9 Å². The Morgan fingerprint density at radius 3 is 2.65 bits per heavy atom. The van der Waals surface area contributed by atoms with Gasteiger partial charge in [0.15, 0.2) is 11.5 Å². The number of anilines is 1. The zero-order chi connectivity index (χ0) is 11.8. The maximum atomic E-state index is 5.96. The van der Waals surface area contributed by atoms with E-state index in [1.165, 1.54) is 0 Å². The number of nitrogens with zero attached hydrogens (tertiary/aromatic N) is 3. The van der Waals surface area contributed by atoms with E-state index < -0.39 is 0 Å². The van der Waals surface area contributed by atoms with E-state index in [-0.39, 0.29) is 0 Å². The molecule has 5 heteroatoms. The van der Waals surface area contributed by atoms with E-state index in [4.69, 9.17) is 5.73 Å². The SMILES string of the molecule is Nc1cccc2nnc(-c3ccccc3Br)n12. The van der Waals surface area contributed by atoms with Crippen LogP contribution >= 0.6 is 15.9 Å². The number of pyridine rings is 1. The minimum Gasteiger partial charge on any atom is -0.385 e.